The van der Waals surface area contributed by atoms with Crippen molar-refractivity contribution in [2.45, 2.75) is 24.4 Å². The van der Waals surface area contributed by atoms with Gasteiger partial charge in [-0.15, -0.1) is 0 Å². The molecule has 20 heavy (non-hydrogen) atoms. The van der Waals surface area contributed by atoms with Crippen LogP contribution < -0.4 is 5.32 Å². The Balaban J connectivity index is 1.83. The zero-order valence-corrected chi connectivity index (χ0v) is 11.0. The second-order valence-electron chi connectivity index (χ2n) is 5.17. The smallest absolute Gasteiger partial charge is 0.372 e. The van der Waals surface area contributed by atoms with Gasteiger partial charge in [0.05, 0.1) is 0 Å². The number of hydrogen-bond acceptors (Lipinski definition) is 2. The van der Waals surface area contributed by atoms with Gasteiger partial charge in [-0.3, -0.25) is 0 Å². The number of ether oxygens (including phenoxy) is 1. The van der Waals surface area contributed by atoms with Crippen molar-refractivity contribution in [3.8, 4) is 0 Å². The summed E-state index contributed by atoms with van der Waals surface area (Å²) in [5.74, 6) is -0.290. The summed E-state index contributed by atoms with van der Waals surface area (Å²) in [6, 6.07) is 6.40. The van der Waals surface area contributed by atoms with Crippen molar-refractivity contribution in [2.75, 3.05) is 26.3 Å². The van der Waals surface area contributed by atoms with Gasteiger partial charge in [0, 0.05) is 25.1 Å². The van der Waals surface area contributed by atoms with Crippen LogP contribution in [0.25, 0.3) is 0 Å². The Labute approximate surface area is 115 Å². The van der Waals surface area contributed by atoms with Crippen LogP contribution in [0.3, 0.4) is 0 Å². The molecule has 0 aromatic heterocycles. The summed E-state index contributed by atoms with van der Waals surface area (Å²) in [5, 5.41) is 3.14. The highest BCUT2D eigenvalue weighted by Crippen LogP contribution is 2.33. The monoisotopic (exact) mass is 291 g/mol. The minimum absolute atomic E-state index is 0.0660. The lowest BCUT2D eigenvalue weighted by Gasteiger charge is -2.43. The van der Waals surface area contributed by atoms with Crippen molar-refractivity contribution in [2.24, 2.45) is 0 Å². The molecule has 0 aliphatic carbocycles. The van der Waals surface area contributed by atoms with E-state index in [0.717, 1.165) is 18.7 Å². The molecular formula is C14H17F4NO. The van der Waals surface area contributed by atoms with E-state index in [1.54, 1.807) is 6.07 Å². The highest BCUT2D eigenvalue weighted by atomic mass is 19.4. The fourth-order valence-corrected chi connectivity index (χ4v) is 2.47. The van der Waals surface area contributed by atoms with E-state index in [9.17, 15) is 17.6 Å². The van der Waals surface area contributed by atoms with E-state index in [2.05, 4.69) is 10.1 Å². The van der Waals surface area contributed by atoms with Crippen molar-refractivity contribution < 1.29 is 22.3 Å². The Hall–Kier alpha value is -1.14. The molecule has 0 amide bonds. The zero-order valence-electron chi connectivity index (χ0n) is 11.0. The third-order valence-corrected chi connectivity index (χ3v) is 3.57. The van der Waals surface area contributed by atoms with Crippen LogP contribution in [-0.4, -0.2) is 32.5 Å². The largest absolute Gasteiger partial charge is 0.411 e. The fourth-order valence-electron chi connectivity index (χ4n) is 2.47. The van der Waals surface area contributed by atoms with E-state index in [4.69, 9.17) is 0 Å². The molecule has 0 radical (unpaired) electrons. The Kier molecular flexibility index (Phi) is 4.65. The number of alkyl halides is 3. The topological polar surface area (TPSA) is 21.3 Å². The van der Waals surface area contributed by atoms with Gasteiger partial charge in [-0.2, -0.15) is 13.2 Å². The summed E-state index contributed by atoms with van der Waals surface area (Å²) in [6.45, 7) is 0.292. The third kappa shape index (κ3) is 3.93. The van der Waals surface area contributed by atoms with E-state index >= 15 is 0 Å². The van der Waals surface area contributed by atoms with Crippen LogP contribution in [0, 0.1) is 5.82 Å². The minimum Gasteiger partial charge on any atom is -0.372 e. The van der Waals surface area contributed by atoms with Crippen LogP contribution in [0.1, 0.15) is 18.4 Å². The molecule has 1 N–H and O–H groups in total. The Bertz CT molecular complexity index is 443. The molecule has 1 fully saturated rings. The normalized spacial score (nSPS) is 17.8. The van der Waals surface area contributed by atoms with Gasteiger partial charge in [0.25, 0.3) is 0 Å². The molecule has 0 bridgehead atoms. The third-order valence-electron chi connectivity index (χ3n) is 3.57. The van der Waals surface area contributed by atoms with Crippen LogP contribution >= 0.6 is 0 Å². The second-order valence-corrected chi connectivity index (χ2v) is 5.17. The number of halogens is 4. The van der Waals surface area contributed by atoms with Gasteiger partial charge in [0.15, 0.2) is 0 Å². The molecule has 1 aromatic rings. The molecule has 1 heterocycles. The molecule has 6 heteroatoms. The van der Waals surface area contributed by atoms with Crippen LogP contribution in [0.2, 0.25) is 0 Å². The van der Waals surface area contributed by atoms with E-state index in [1.165, 1.54) is 12.1 Å². The van der Waals surface area contributed by atoms with Crippen molar-refractivity contribution in [3.05, 3.63) is 35.6 Å². The van der Waals surface area contributed by atoms with Crippen LogP contribution in [0.5, 0.6) is 0 Å². The molecule has 1 aliphatic heterocycles. The predicted octanol–water partition coefficient (Wildman–Crippen LogP) is 3.03. The highest BCUT2D eigenvalue weighted by Gasteiger charge is 2.38. The standard InChI is InChI=1S/C14H17F4NO/c15-12-4-1-3-11(7-12)13(8-19-9-13)5-2-6-20-10-14(16,17)18/h1,3-4,7,19H,2,5-6,8-10H2. The van der Waals surface area contributed by atoms with Crippen LogP contribution in [0.4, 0.5) is 17.6 Å². The number of nitrogens with one attached hydrogen (secondary N) is 1. The molecule has 2 nitrogen and oxygen atoms in total. The maximum absolute atomic E-state index is 13.3. The molecule has 0 spiro atoms. The number of benzene rings is 1. The van der Waals surface area contributed by atoms with E-state index in [0.29, 0.717) is 12.8 Å². The number of rotatable bonds is 6. The molecule has 1 saturated heterocycles. The van der Waals surface area contributed by atoms with Crippen molar-refractivity contribution in [3.63, 3.8) is 0 Å². The Morgan fingerprint density at radius 3 is 2.55 bits per heavy atom. The predicted molar refractivity (Wildman–Crippen MR) is 67.1 cm³/mol. The average Bonchev–Trinajstić information content (AvgIpc) is 2.30. The minimum atomic E-state index is -4.28. The van der Waals surface area contributed by atoms with Gasteiger partial charge in [-0.25, -0.2) is 4.39 Å². The van der Waals surface area contributed by atoms with Crippen molar-refractivity contribution >= 4 is 0 Å². The van der Waals surface area contributed by atoms with E-state index in [1.807, 2.05) is 6.07 Å². The van der Waals surface area contributed by atoms with Gasteiger partial charge in [-0.05, 0) is 30.5 Å². The van der Waals surface area contributed by atoms with Gasteiger partial charge >= 0.3 is 6.18 Å². The van der Waals surface area contributed by atoms with Crippen LogP contribution in [-0.2, 0) is 10.2 Å². The summed E-state index contributed by atoms with van der Waals surface area (Å²) in [7, 11) is 0. The van der Waals surface area contributed by atoms with Crippen LogP contribution in [0.15, 0.2) is 24.3 Å². The SMILES string of the molecule is Fc1cccc(C2(CCCOCC(F)(F)F)CNC2)c1. The molecular weight excluding hydrogens is 274 g/mol. The van der Waals surface area contributed by atoms with Crippen molar-refractivity contribution in [1.29, 1.82) is 0 Å². The first-order chi connectivity index (χ1) is 9.41. The van der Waals surface area contributed by atoms with E-state index in [-0.39, 0.29) is 17.8 Å². The Morgan fingerprint density at radius 1 is 1.25 bits per heavy atom. The second kappa shape index (κ2) is 6.10. The quantitative estimate of drug-likeness (QED) is 0.642. The average molecular weight is 291 g/mol. The maximum Gasteiger partial charge on any atom is 0.411 e. The molecule has 1 aliphatic rings. The van der Waals surface area contributed by atoms with Gasteiger partial charge in [0.1, 0.15) is 12.4 Å². The first kappa shape index (κ1) is 15.3. The molecule has 0 atom stereocenters. The number of hydrogen-bond donors (Lipinski definition) is 1. The summed E-state index contributed by atoms with van der Waals surface area (Å²) < 4.78 is 53.6. The molecule has 1 aromatic carbocycles. The molecule has 0 unspecified atom stereocenters. The molecule has 112 valence electrons. The van der Waals surface area contributed by atoms with Gasteiger partial charge in [0.2, 0.25) is 0 Å². The summed E-state index contributed by atoms with van der Waals surface area (Å²) in [5.41, 5.74) is 0.719. The molecule has 2 rings (SSSR count). The lowest BCUT2D eigenvalue weighted by Crippen LogP contribution is -2.56. The maximum atomic E-state index is 13.3. The van der Waals surface area contributed by atoms with E-state index < -0.39 is 12.8 Å². The summed E-state index contributed by atoms with van der Waals surface area (Å²) in [4.78, 5) is 0. The fraction of sp³-hybridized carbons (Fsp3) is 0.571. The summed E-state index contributed by atoms with van der Waals surface area (Å²) in [6.07, 6.45) is -3.08. The highest BCUT2D eigenvalue weighted by molar-refractivity contribution is 5.30. The summed E-state index contributed by atoms with van der Waals surface area (Å²) >= 11 is 0. The van der Waals surface area contributed by atoms with Gasteiger partial charge in [-0.1, -0.05) is 12.1 Å². The lowest BCUT2D eigenvalue weighted by molar-refractivity contribution is -0.174. The Morgan fingerprint density at radius 2 is 2.00 bits per heavy atom. The zero-order chi connectivity index (χ0) is 14.6. The van der Waals surface area contributed by atoms with Crippen molar-refractivity contribution in [1.82, 2.24) is 5.32 Å². The molecule has 0 saturated carbocycles. The van der Waals surface area contributed by atoms with Gasteiger partial charge < -0.3 is 10.1 Å². The lowest BCUT2D eigenvalue weighted by atomic mass is 9.72. The first-order valence-electron chi connectivity index (χ1n) is 6.53. The first-order valence-corrected chi connectivity index (χ1v) is 6.53.